The van der Waals surface area contributed by atoms with Crippen LogP contribution in [-0.4, -0.2) is 25.3 Å². The van der Waals surface area contributed by atoms with Crippen LogP contribution in [-0.2, 0) is 0 Å². The molecule has 4 heteroatoms. The molecule has 3 nitrogen and oxygen atoms in total. The third kappa shape index (κ3) is 3.60. The number of anilines is 1. The molecule has 104 valence electrons. The molecule has 19 heavy (non-hydrogen) atoms. The first-order valence-electron chi connectivity index (χ1n) is 6.89. The van der Waals surface area contributed by atoms with Crippen molar-refractivity contribution in [2.45, 2.75) is 38.1 Å². The van der Waals surface area contributed by atoms with E-state index in [0.717, 1.165) is 16.5 Å². The molecular formula is C15H22N2OS. The summed E-state index contributed by atoms with van der Waals surface area (Å²) in [5, 5.41) is 4.24. The van der Waals surface area contributed by atoms with Crippen LogP contribution in [0.1, 0.15) is 32.1 Å². The lowest BCUT2D eigenvalue weighted by atomic mass is 9.96. The molecule has 2 rings (SSSR count). The first-order chi connectivity index (χ1) is 9.22. The van der Waals surface area contributed by atoms with Crippen molar-refractivity contribution in [2.24, 2.45) is 0 Å². The van der Waals surface area contributed by atoms with Crippen molar-refractivity contribution < 1.29 is 4.74 Å². The number of thiocarbonyl (C=S) groups is 1. The average Bonchev–Trinajstić information content (AvgIpc) is 2.47. The Bertz CT molecular complexity index is 430. The van der Waals surface area contributed by atoms with E-state index in [-0.39, 0.29) is 0 Å². The van der Waals surface area contributed by atoms with Crippen molar-refractivity contribution in [1.29, 1.82) is 0 Å². The minimum Gasteiger partial charge on any atom is -0.495 e. The Labute approximate surface area is 120 Å². The van der Waals surface area contributed by atoms with Gasteiger partial charge in [-0.3, -0.25) is 0 Å². The van der Waals surface area contributed by atoms with Gasteiger partial charge in [0.1, 0.15) is 5.75 Å². The normalized spacial score (nSPS) is 15.9. The highest BCUT2D eigenvalue weighted by molar-refractivity contribution is 7.80. The maximum atomic E-state index is 5.51. The molecule has 0 aliphatic heterocycles. The number of nitrogens with zero attached hydrogens (tertiary/aromatic N) is 1. The Morgan fingerprint density at radius 1 is 1.26 bits per heavy atom. The van der Waals surface area contributed by atoms with Crippen molar-refractivity contribution >= 4 is 23.0 Å². The molecule has 0 unspecified atom stereocenters. The largest absolute Gasteiger partial charge is 0.495 e. The van der Waals surface area contributed by atoms with Gasteiger partial charge in [0.2, 0.25) is 0 Å². The van der Waals surface area contributed by atoms with Gasteiger partial charge in [0.05, 0.1) is 12.8 Å². The highest BCUT2D eigenvalue weighted by atomic mass is 32.1. The van der Waals surface area contributed by atoms with E-state index in [2.05, 4.69) is 5.32 Å². The topological polar surface area (TPSA) is 24.5 Å². The maximum absolute atomic E-state index is 5.51. The van der Waals surface area contributed by atoms with E-state index in [1.54, 1.807) is 7.11 Å². The summed E-state index contributed by atoms with van der Waals surface area (Å²) in [5.74, 6) is 0.845. The highest BCUT2D eigenvalue weighted by Gasteiger charge is 2.17. The summed E-state index contributed by atoms with van der Waals surface area (Å²) in [5.41, 5.74) is 0.998. The minimum atomic E-state index is 0.526. The van der Waals surface area contributed by atoms with E-state index < -0.39 is 0 Å². The fourth-order valence-electron chi connectivity index (χ4n) is 2.53. The first-order valence-corrected chi connectivity index (χ1v) is 7.30. The van der Waals surface area contributed by atoms with Gasteiger partial charge in [0.25, 0.3) is 0 Å². The van der Waals surface area contributed by atoms with Gasteiger partial charge in [-0.05, 0) is 37.2 Å². The van der Waals surface area contributed by atoms with Gasteiger partial charge in [0, 0.05) is 13.1 Å². The first kappa shape index (κ1) is 14.1. The number of rotatable bonds is 3. The second-order valence-corrected chi connectivity index (χ2v) is 5.40. The molecule has 0 aromatic heterocycles. The van der Waals surface area contributed by atoms with Crippen LogP contribution in [0.5, 0.6) is 5.75 Å². The molecule has 1 aliphatic rings. The molecule has 0 radical (unpaired) electrons. The smallest absolute Gasteiger partial charge is 0.173 e. The van der Waals surface area contributed by atoms with Crippen molar-refractivity contribution in [1.82, 2.24) is 5.32 Å². The number of benzene rings is 1. The maximum Gasteiger partial charge on any atom is 0.173 e. The van der Waals surface area contributed by atoms with Crippen LogP contribution in [0.2, 0.25) is 0 Å². The molecule has 0 atom stereocenters. The Hall–Kier alpha value is -1.29. The Kier molecular flexibility index (Phi) is 5.02. The van der Waals surface area contributed by atoms with Crippen LogP contribution in [0.15, 0.2) is 24.3 Å². The fourth-order valence-corrected chi connectivity index (χ4v) is 2.80. The predicted octanol–water partition coefficient (Wildman–Crippen LogP) is 3.34. The van der Waals surface area contributed by atoms with Crippen molar-refractivity contribution in [3.63, 3.8) is 0 Å². The van der Waals surface area contributed by atoms with E-state index in [1.807, 2.05) is 36.2 Å². The Morgan fingerprint density at radius 3 is 2.63 bits per heavy atom. The second-order valence-electron chi connectivity index (χ2n) is 5.02. The lowest BCUT2D eigenvalue weighted by molar-refractivity contribution is 0.411. The Morgan fingerprint density at radius 2 is 1.95 bits per heavy atom. The number of nitrogens with one attached hydrogen (secondary N) is 1. The van der Waals surface area contributed by atoms with Gasteiger partial charge < -0.3 is 15.0 Å². The molecule has 1 aromatic rings. The SMILES string of the molecule is COc1ccccc1N(C)C(=S)NC1CCCCC1. The van der Waals surface area contributed by atoms with Gasteiger partial charge >= 0.3 is 0 Å². The molecule has 0 bridgehead atoms. The number of hydrogen-bond acceptors (Lipinski definition) is 2. The van der Waals surface area contributed by atoms with Crippen LogP contribution < -0.4 is 15.0 Å². The van der Waals surface area contributed by atoms with Gasteiger partial charge in [-0.15, -0.1) is 0 Å². The number of ether oxygens (including phenoxy) is 1. The average molecular weight is 278 g/mol. The van der Waals surface area contributed by atoms with Gasteiger partial charge in [-0.2, -0.15) is 0 Å². The molecule has 0 heterocycles. The molecule has 1 aliphatic carbocycles. The summed E-state index contributed by atoms with van der Waals surface area (Å²) < 4.78 is 5.38. The van der Waals surface area contributed by atoms with Crippen molar-refractivity contribution in [3.05, 3.63) is 24.3 Å². The zero-order valence-electron chi connectivity index (χ0n) is 11.7. The number of methoxy groups -OCH3 is 1. The molecule has 1 N–H and O–H groups in total. The van der Waals surface area contributed by atoms with Crippen LogP contribution >= 0.6 is 12.2 Å². The number of para-hydroxylation sites is 2. The van der Waals surface area contributed by atoms with Crippen LogP contribution in [0, 0.1) is 0 Å². The second kappa shape index (κ2) is 6.75. The predicted molar refractivity (Wildman–Crippen MR) is 84.0 cm³/mol. The summed E-state index contributed by atoms with van der Waals surface area (Å²) >= 11 is 5.51. The lowest BCUT2D eigenvalue weighted by Crippen LogP contribution is -2.43. The van der Waals surface area contributed by atoms with Crippen molar-refractivity contribution in [2.75, 3.05) is 19.1 Å². The standard InChI is InChI=1S/C15H22N2OS/c1-17(13-10-6-7-11-14(13)18-2)15(19)16-12-8-4-3-5-9-12/h6-7,10-12H,3-5,8-9H2,1-2H3,(H,16,19). The summed E-state index contributed by atoms with van der Waals surface area (Å²) in [6, 6.07) is 8.46. The summed E-state index contributed by atoms with van der Waals surface area (Å²) in [6.07, 6.45) is 6.41. The van der Waals surface area contributed by atoms with E-state index in [4.69, 9.17) is 17.0 Å². The van der Waals surface area contributed by atoms with E-state index >= 15 is 0 Å². The summed E-state index contributed by atoms with van der Waals surface area (Å²) in [4.78, 5) is 1.99. The molecule has 0 spiro atoms. The molecule has 1 fully saturated rings. The molecule has 0 amide bonds. The molecule has 1 saturated carbocycles. The van der Waals surface area contributed by atoms with Gasteiger partial charge in [-0.1, -0.05) is 31.4 Å². The lowest BCUT2D eigenvalue weighted by Gasteiger charge is -2.29. The zero-order valence-corrected chi connectivity index (χ0v) is 12.5. The third-order valence-electron chi connectivity index (χ3n) is 3.68. The van der Waals surface area contributed by atoms with Crippen LogP contribution in [0.4, 0.5) is 5.69 Å². The molecule has 0 saturated heterocycles. The van der Waals surface area contributed by atoms with E-state index in [1.165, 1.54) is 32.1 Å². The number of hydrogen-bond donors (Lipinski definition) is 1. The highest BCUT2D eigenvalue weighted by Crippen LogP contribution is 2.27. The van der Waals surface area contributed by atoms with E-state index in [0.29, 0.717) is 6.04 Å². The van der Waals surface area contributed by atoms with E-state index in [9.17, 15) is 0 Å². The van der Waals surface area contributed by atoms with Crippen molar-refractivity contribution in [3.8, 4) is 5.75 Å². The monoisotopic (exact) mass is 278 g/mol. The van der Waals surface area contributed by atoms with Gasteiger partial charge in [0.15, 0.2) is 5.11 Å². The minimum absolute atomic E-state index is 0.526. The Balaban J connectivity index is 2.01. The quantitative estimate of drug-likeness (QED) is 0.857. The van der Waals surface area contributed by atoms with Crippen LogP contribution in [0.25, 0.3) is 0 Å². The van der Waals surface area contributed by atoms with Crippen LogP contribution in [0.3, 0.4) is 0 Å². The summed E-state index contributed by atoms with van der Waals surface area (Å²) in [6.45, 7) is 0. The molecule has 1 aromatic carbocycles. The fraction of sp³-hybridized carbons (Fsp3) is 0.533. The summed E-state index contributed by atoms with van der Waals surface area (Å²) in [7, 11) is 3.67. The zero-order chi connectivity index (χ0) is 13.7. The third-order valence-corrected chi connectivity index (χ3v) is 4.08. The molecular weight excluding hydrogens is 256 g/mol. The van der Waals surface area contributed by atoms with Gasteiger partial charge in [-0.25, -0.2) is 0 Å².